The monoisotopic (exact) mass is 800 g/mol. The van der Waals surface area contributed by atoms with Gasteiger partial charge >= 0.3 is 12.1 Å². The van der Waals surface area contributed by atoms with E-state index in [0.29, 0.717) is 68.4 Å². The number of ether oxygens (including phenoxy) is 2. The summed E-state index contributed by atoms with van der Waals surface area (Å²) in [5, 5.41) is 27.3. The Labute approximate surface area is 331 Å². The molecule has 56 heavy (non-hydrogen) atoms. The van der Waals surface area contributed by atoms with E-state index < -0.39 is 18.1 Å². The number of anilines is 1. The van der Waals surface area contributed by atoms with Crippen molar-refractivity contribution < 1.29 is 38.9 Å². The molecule has 0 aliphatic carbocycles. The van der Waals surface area contributed by atoms with Crippen molar-refractivity contribution >= 4 is 63.1 Å². The van der Waals surface area contributed by atoms with Gasteiger partial charge in [0.25, 0.3) is 11.8 Å². The number of carboxylic acid groups (broad SMARTS) is 2. The highest BCUT2D eigenvalue weighted by Crippen LogP contribution is 2.33. The molecule has 5 heterocycles. The fourth-order valence-corrected chi connectivity index (χ4v) is 9.26. The van der Waals surface area contributed by atoms with E-state index in [1.54, 1.807) is 23.8 Å². The molecule has 2 aliphatic rings. The van der Waals surface area contributed by atoms with Crippen LogP contribution < -0.4 is 10.6 Å². The molecule has 2 saturated heterocycles. The number of benzene rings is 2. The fraction of sp³-hybridized carbons (Fsp3) is 0.400. The van der Waals surface area contributed by atoms with Crippen LogP contribution in [0, 0.1) is 25.7 Å². The summed E-state index contributed by atoms with van der Waals surface area (Å²) >= 11 is 2.45. The first-order chi connectivity index (χ1) is 27.0. The average molecular weight is 801 g/mol. The summed E-state index contributed by atoms with van der Waals surface area (Å²) in [6.45, 7) is 6.83. The van der Waals surface area contributed by atoms with Crippen LogP contribution in [-0.4, -0.2) is 92.5 Å². The first-order valence-corrected chi connectivity index (χ1v) is 20.3. The Kier molecular flexibility index (Phi) is 12.2. The molecule has 5 aromatic rings. The maximum Gasteiger partial charge on any atom is 0.407 e. The Hall–Kier alpha value is -5.00. The molecule has 14 nitrogen and oxygen atoms in total. The van der Waals surface area contributed by atoms with Gasteiger partial charge in [0.05, 0.1) is 23.4 Å². The van der Waals surface area contributed by atoms with Crippen LogP contribution in [0.15, 0.2) is 54.7 Å². The largest absolute Gasteiger partial charge is 0.480 e. The lowest BCUT2D eigenvalue weighted by atomic mass is 9.92. The van der Waals surface area contributed by atoms with Crippen LogP contribution in [0.4, 0.5) is 10.5 Å². The second kappa shape index (κ2) is 17.4. The van der Waals surface area contributed by atoms with Crippen LogP contribution in [-0.2, 0) is 27.4 Å². The lowest BCUT2D eigenvalue weighted by Gasteiger charge is -2.28. The Bertz CT molecular complexity index is 2240. The number of rotatable bonds is 13. The fourth-order valence-electron chi connectivity index (χ4n) is 7.34. The lowest BCUT2D eigenvalue weighted by Crippen LogP contribution is -2.44. The predicted octanol–water partition coefficient (Wildman–Crippen LogP) is 6.65. The van der Waals surface area contributed by atoms with Gasteiger partial charge in [-0.2, -0.15) is 0 Å². The number of thiazole rings is 2. The van der Waals surface area contributed by atoms with Gasteiger partial charge in [-0.15, -0.1) is 22.7 Å². The van der Waals surface area contributed by atoms with E-state index in [1.165, 1.54) is 27.6 Å². The molecule has 0 spiro atoms. The normalized spacial score (nSPS) is 15.8. The van der Waals surface area contributed by atoms with E-state index in [-0.39, 0.29) is 46.8 Å². The highest BCUT2D eigenvalue weighted by molar-refractivity contribution is 7.14. The topological polar surface area (TPSA) is 185 Å². The highest BCUT2D eigenvalue weighted by atomic mass is 32.1. The zero-order valence-corrected chi connectivity index (χ0v) is 32.8. The molecular weight excluding hydrogens is 757 g/mol. The number of carboxylic acids is 1. The molecule has 2 amide bonds. The second-order valence-corrected chi connectivity index (χ2v) is 16.4. The Morgan fingerprint density at radius 2 is 1.57 bits per heavy atom. The number of hydrogen-bond acceptors (Lipinski definition) is 11. The summed E-state index contributed by atoms with van der Waals surface area (Å²) in [6.07, 6.45) is 3.71. The van der Waals surface area contributed by atoms with E-state index in [9.17, 15) is 29.4 Å². The average Bonchev–Trinajstić information content (AvgIpc) is 3.91. The quantitative estimate of drug-likeness (QED) is 0.0999. The van der Waals surface area contributed by atoms with Crippen molar-refractivity contribution in [3.8, 4) is 11.1 Å². The van der Waals surface area contributed by atoms with Crippen molar-refractivity contribution in [3.63, 3.8) is 0 Å². The molecule has 0 saturated carbocycles. The van der Waals surface area contributed by atoms with Gasteiger partial charge in [-0.1, -0.05) is 24.3 Å². The van der Waals surface area contributed by atoms with Gasteiger partial charge in [0, 0.05) is 66.5 Å². The summed E-state index contributed by atoms with van der Waals surface area (Å²) in [5.74, 6) is -1.37. The van der Waals surface area contributed by atoms with Crippen molar-refractivity contribution in [2.45, 2.75) is 58.7 Å². The summed E-state index contributed by atoms with van der Waals surface area (Å²) in [5.41, 5.74) is 4.24. The Morgan fingerprint density at radius 1 is 0.893 bits per heavy atom. The molecule has 7 rings (SSSR count). The minimum absolute atomic E-state index is 0.0269. The van der Waals surface area contributed by atoms with Crippen LogP contribution in [0.1, 0.15) is 66.4 Å². The van der Waals surface area contributed by atoms with Gasteiger partial charge in [0.2, 0.25) is 0 Å². The predicted molar refractivity (Wildman–Crippen MR) is 213 cm³/mol. The summed E-state index contributed by atoms with van der Waals surface area (Å²) in [4.78, 5) is 63.4. The van der Waals surface area contributed by atoms with Crippen LogP contribution in [0.3, 0.4) is 0 Å². The summed E-state index contributed by atoms with van der Waals surface area (Å²) in [6, 6.07) is 14.3. The van der Waals surface area contributed by atoms with Gasteiger partial charge in [0.1, 0.15) is 6.04 Å². The molecule has 2 aromatic carbocycles. The number of carbonyl (C=O) groups is 4. The van der Waals surface area contributed by atoms with E-state index in [1.807, 2.05) is 49.4 Å². The third kappa shape index (κ3) is 8.84. The number of aromatic nitrogens is 3. The van der Waals surface area contributed by atoms with Crippen LogP contribution in [0.25, 0.3) is 22.0 Å². The van der Waals surface area contributed by atoms with Crippen molar-refractivity contribution in [2.24, 2.45) is 11.8 Å². The second-order valence-electron chi connectivity index (χ2n) is 14.2. The number of aliphatic carboxylic acids is 1. The summed E-state index contributed by atoms with van der Waals surface area (Å²) < 4.78 is 12.4. The third-order valence-corrected chi connectivity index (χ3v) is 12.7. The Morgan fingerprint density at radius 3 is 2.30 bits per heavy atom. The molecule has 2 fully saturated rings. The van der Waals surface area contributed by atoms with E-state index in [2.05, 4.69) is 20.6 Å². The molecule has 0 bridgehead atoms. The maximum absolute atomic E-state index is 13.9. The van der Waals surface area contributed by atoms with Crippen LogP contribution in [0.2, 0.25) is 0 Å². The van der Waals surface area contributed by atoms with Crippen molar-refractivity contribution in [3.05, 3.63) is 85.9 Å². The number of amides is 2. The Balaban J connectivity index is 1.04. The number of nitrogens with one attached hydrogen (secondary N) is 2. The van der Waals surface area contributed by atoms with E-state index in [0.717, 1.165) is 39.1 Å². The van der Waals surface area contributed by atoms with Crippen molar-refractivity contribution in [1.82, 2.24) is 24.8 Å². The smallest absolute Gasteiger partial charge is 0.407 e. The minimum Gasteiger partial charge on any atom is -0.480 e. The van der Waals surface area contributed by atoms with Gasteiger partial charge in [-0.25, -0.2) is 14.8 Å². The van der Waals surface area contributed by atoms with Crippen LogP contribution >= 0.6 is 22.7 Å². The van der Waals surface area contributed by atoms with Gasteiger partial charge in [0.15, 0.2) is 10.0 Å². The minimum atomic E-state index is -1.00. The molecule has 3 aromatic heterocycles. The number of aryl methyl sites for hydroxylation is 2. The number of nitrogens with zero attached hydrogens (tertiary/aromatic N) is 4. The number of hydrogen-bond donors (Lipinski definition) is 4. The number of fused-ring (bicyclic) bond motifs is 1. The van der Waals surface area contributed by atoms with Crippen molar-refractivity contribution in [1.29, 1.82) is 0 Å². The van der Waals surface area contributed by atoms with Gasteiger partial charge < -0.3 is 29.9 Å². The van der Waals surface area contributed by atoms with E-state index >= 15 is 0 Å². The lowest BCUT2D eigenvalue weighted by molar-refractivity contribution is -0.142. The highest BCUT2D eigenvalue weighted by Gasteiger charge is 2.30. The summed E-state index contributed by atoms with van der Waals surface area (Å²) in [7, 11) is 0. The first-order valence-electron chi connectivity index (χ1n) is 18.6. The molecule has 1 atom stereocenters. The molecule has 0 unspecified atom stereocenters. The molecule has 0 radical (unpaired) electrons. The standard InChI is InChI=1S/C40H44N6O8S2/c1-23-32(20-41-34(39(49)50)26-12-17-54-18-13-26)55-36(42-23)35(47)44-28-6-3-5-27(19-28)29-7-4-8-31-30(29)9-14-46(31)38(48)37-43-24(2)33(56-37)22-45(40(51)52)21-25-10-15-53-16-11-25/h3-9,14,19,25-26,34,41H,10-13,15-18,20-22H2,1-2H3,(H,44,47)(H,49,50)(H,51,52)/t34-/m0/s1. The SMILES string of the molecule is Cc1nc(C(=O)Nc2cccc(-c3cccc4c3ccn4C(=O)c3nc(C)c(CN(CC4CCOCC4)C(=O)O)s3)c2)sc1CN[C@H](C(=O)O)C1CCOCC1. The van der Waals surface area contributed by atoms with Gasteiger partial charge in [-0.3, -0.25) is 24.3 Å². The zero-order chi connectivity index (χ0) is 39.3. The third-order valence-electron chi connectivity index (χ3n) is 10.5. The molecule has 294 valence electrons. The molecular formula is C40H44N6O8S2. The maximum atomic E-state index is 13.9. The van der Waals surface area contributed by atoms with Crippen molar-refractivity contribution in [2.75, 3.05) is 38.3 Å². The number of carbonyl (C=O) groups excluding carboxylic acids is 2. The molecule has 2 aliphatic heterocycles. The van der Waals surface area contributed by atoms with Crippen LogP contribution in [0.5, 0.6) is 0 Å². The zero-order valence-electron chi connectivity index (χ0n) is 31.2. The van der Waals surface area contributed by atoms with E-state index in [4.69, 9.17) is 9.47 Å². The molecule has 16 heteroatoms. The first kappa shape index (κ1) is 39.2. The van der Waals surface area contributed by atoms with Gasteiger partial charge in [-0.05, 0) is 86.8 Å². The molecule has 4 N–H and O–H groups in total.